The van der Waals surface area contributed by atoms with Gasteiger partial charge in [-0.3, -0.25) is 0 Å². The van der Waals surface area contributed by atoms with Crippen LogP contribution in [-0.2, 0) is 0 Å². The summed E-state index contributed by atoms with van der Waals surface area (Å²) in [7, 11) is 0. The number of benzene rings is 1. The summed E-state index contributed by atoms with van der Waals surface area (Å²) in [6.45, 7) is 1.79. The van der Waals surface area contributed by atoms with Crippen LogP contribution in [0.3, 0.4) is 0 Å². The minimum absolute atomic E-state index is 0.433. The first kappa shape index (κ1) is 9.92. The van der Waals surface area contributed by atoms with Crippen LogP contribution in [0.15, 0.2) is 17.0 Å². The van der Waals surface area contributed by atoms with Crippen LogP contribution >= 0.6 is 23.4 Å². The van der Waals surface area contributed by atoms with E-state index < -0.39 is 0 Å². The Labute approximate surface area is 85.7 Å². The largest absolute Gasteiger partial charge is 0.192 e. The Kier molecular flexibility index (Phi) is 3.19. The molecule has 0 fully saturated rings. The molecule has 0 aromatic heterocycles. The maximum Gasteiger partial charge on any atom is 0.138 e. The summed E-state index contributed by atoms with van der Waals surface area (Å²) in [6, 6.07) is 5.33. The highest BCUT2D eigenvalue weighted by molar-refractivity contribution is 8.03. The van der Waals surface area contributed by atoms with Gasteiger partial charge in [-0.1, -0.05) is 11.6 Å². The molecular formula is C9H5ClN2S. The molecule has 0 unspecified atom stereocenters. The summed E-state index contributed by atoms with van der Waals surface area (Å²) in [4.78, 5) is 0.798. The van der Waals surface area contributed by atoms with Gasteiger partial charge in [0, 0.05) is 4.90 Å². The minimum Gasteiger partial charge on any atom is -0.192 e. The zero-order valence-corrected chi connectivity index (χ0v) is 8.41. The summed E-state index contributed by atoms with van der Waals surface area (Å²) < 4.78 is 0. The molecule has 0 aliphatic carbocycles. The van der Waals surface area contributed by atoms with Crippen molar-refractivity contribution in [3.63, 3.8) is 0 Å². The van der Waals surface area contributed by atoms with Gasteiger partial charge in [0.05, 0.1) is 10.6 Å². The summed E-state index contributed by atoms with van der Waals surface area (Å²) >= 11 is 6.94. The molecule has 2 nitrogen and oxygen atoms in total. The van der Waals surface area contributed by atoms with E-state index in [9.17, 15) is 0 Å². The Morgan fingerprint density at radius 1 is 1.38 bits per heavy atom. The third kappa shape index (κ3) is 1.95. The van der Waals surface area contributed by atoms with Crippen molar-refractivity contribution in [2.75, 3.05) is 0 Å². The summed E-state index contributed by atoms with van der Waals surface area (Å²) in [5.74, 6) is 0. The molecule has 0 aliphatic rings. The molecule has 4 heteroatoms. The number of nitriles is 2. The third-order valence-electron chi connectivity index (χ3n) is 1.61. The van der Waals surface area contributed by atoms with E-state index in [0.29, 0.717) is 10.6 Å². The van der Waals surface area contributed by atoms with E-state index in [4.69, 9.17) is 22.1 Å². The Morgan fingerprint density at radius 2 is 2.08 bits per heavy atom. The van der Waals surface area contributed by atoms with Gasteiger partial charge in [-0.2, -0.15) is 10.5 Å². The van der Waals surface area contributed by atoms with Crippen molar-refractivity contribution >= 4 is 23.4 Å². The van der Waals surface area contributed by atoms with Crippen molar-refractivity contribution in [1.29, 1.82) is 10.5 Å². The summed E-state index contributed by atoms with van der Waals surface area (Å²) in [5.41, 5.74) is 1.23. The van der Waals surface area contributed by atoms with E-state index in [1.165, 1.54) is 0 Å². The molecule has 0 bridgehead atoms. The molecule has 0 saturated heterocycles. The maximum atomic E-state index is 8.66. The minimum atomic E-state index is 0.433. The molecule has 13 heavy (non-hydrogen) atoms. The van der Waals surface area contributed by atoms with Crippen LogP contribution in [0.25, 0.3) is 0 Å². The van der Waals surface area contributed by atoms with Gasteiger partial charge in [0.15, 0.2) is 0 Å². The SMILES string of the molecule is Cc1c(SC#N)ccc(C#N)c1Cl. The van der Waals surface area contributed by atoms with Crippen LogP contribution in [0.1, 0.15) is 11.1 Å². The number of hydrogen-bond donors (Lipinski definition) is 0. The maximum absolute atomic E-state index is 8.66. The Morgan fingerprint density at radius 3 is 2.62 bits per heavy atom. The monoisotopic (exact) mass is 208 g/mol. The van der Waals surface area contributed by atoms with Crippen LogP contribution in [0.5, 0.6) is 0 Å². The highest BCUT2D eigenvalue weighted by atomic mass is 35.5. The van der Waals surface area contributed by atoms with Crippen LogP contribution < -0.4 is 0 Å². The van der Waals surface area contributed by atoms with Crippen LogP contribution in [-0.4, -0.2) is 0 Å². The smallest absolute Gasteiger partial charge is 0.138 e. The first-order valence-electron chi connectivity index (χ1n) is 3.46. The lowest BCUT2D eigenvalue weighted by molar-refractivity contribution is 1.29. The van der Waals surface area contributed by atoms with Gasteiger partial charge < -0.3 is 0 Å². The Bertz CT molecular complexity index is 415. The van der Waals surface area contributed by atoms with Crippen molar-refractivity contribution in [2.24, 2.45) is 0 Å². The number of rotatable bonds is 1. The number of nitrogens with zero attached hydrogens (tertiary/aromatic N) is 2. The molecule has 0 radical (unpaired) electrons. The molecule has 1 aromatic rings. The van der Waals surface area contributed by atoms with E-state index in [-0.39, 0.29) is 0 Å². The first-order valence-corrected chi connectivity index (χ1v) is 4.65. The van der Waals surface area contributed by atoms with Crippen molar-refractivity contribution in [3.8, 4) is 11.5 Å². The molecule has 64 valence electrons. The van der Waals surface area contributed by atoms with Gasteiger partial charge in [-0.25, -0.2) is 0 Å². The second-order valence-electron chi connectivity index (χ2n) is 2.36. The highest BCUT2D eigenvalue weighted by Crippen LogP contribution is 2.29. The molecule has 0 amide bonds. The summed E-state index contributed by atoms with van der Waals surface area (Å²) in [6.07, 6.45) is 0. The number of thiocyanates is 1. The average molecular weight is 209 g/mol. The van der Waals surface area contributed by atoms with Gasteiger partial charge >= 0.3 is 0 Å². The van der Waals surface area contributed by atoms with Crippen LogP contribution in [0.2, 0.25) is 5.02 Å². The van der Waals surface area contributed by atoms with E-state index >= 15 is 0 Å². The normalized spacial score (nSPS) is 8.92. The van der Waals surface area contributed by atoms with E-state index in [1.54, 1.807) is 19.1 Å². The highest BCUT2D eigenvalue weighted by Gasteiger charge is 2.07. The average Bonchev–Trinajstić information content (AvgIpc) is 2.14. The zero-order valence-electron chi connectivity index (χ0n) is 6.84. The van der Waals surface area contributed by atoms with Gasteiger partial charge in [-0.15, -0.1) is 0 Å². The fourth-order valence-corrected chi connectivity index (χ4v) is 1.67. The molecule has 0 atom stereocenters. The Balaban J connectivity index is 3.27. The molecule has 0 aliphatic heterocycles. The van der Waals surface area contributed by atoms with Gasteiger partial charge in [0.25, 0.3) is 0 Å². The molecule has 0 saturated carbocycles. The van der Waals surface area contributed by atoms with Crippen molar-refractivity contribution in [3.05, 3.63) is 28.3 Å². The standard InChI is InChI=1S/C9H5ClN2S/c1-6-8(13-5-12)3-2-7(4-11)9(6)10/h2-3H,1H3. The molecule has 0 N–H and O–H groups in total. The molecule has 0 heterocycles. The second kappa shape index (κ2) is 4.18. The lowest BCUT2D eigenvalue weighted by atomic mass is 10.1. The van der Waals surface area contributed by atoms with Crippen LogP contribution in [0.4, 0.5) is 0 Å². The predicted molar refractivity (Wildman–Crippen MR) is 52.4 cm³/mol. The number of hydrogen-bond acceptors (Lipinski definition) is 3. The predicted octanol–water partition coefficient (Wildman–Crippen LogP) is 3.09. The van der Waals surface area contributed by atoms with Crippen molar-refractivity contribution in [1.82, 2.24) is 0 Å². The van der Waals surface area contributed by atoms with Gasteiger partial charge in [0.2, 0.25) is 0 Å². The third-order valence-corrected chi connectivity index (χ3v) is 2.85. The number of halogens is 1. The topological polar surface area (TPSA) is 47.6 Å². The van der Waals surface area contributed by atoms with E-state index in [2.05, 4.69) is 0 Å². The van der Waals surface area contributed by atoms with E-state index in [0.717, 1.165) is 22.2 Å². The molecule has 0 spiro atoms. The Hall–Kier alpha value is -1.16. The van der Waals surface area contributed by atoms with Gasteiger partial charge in [-0.05, 0) is 36.4 Å². The lowest BCUT2D eigenvalue weighted by Gasteiger charge is -2.03. The molecule has 1 rings (SSSR count). The first-order chi connectivity index (χ1) is 6.20. The molecular weight excluding hydrogens is 204 g/mol. The zero-order chi connectivity index (χ0) is 9.84. The quantitative estimate of drug-likeness (QED) is 0.526. The molecule has 1 aromatic carbocycles. The van der Waals surface area contributed by atoms with E-state index in [1.807, 2.05) is 11.5 Å². The van der Waals surface area contributed by atoms with Crippen LogP contribution in [0, 0.1) is 28.9 Å². The fourth-order valence-electron chi connectivity index (χ4n) is 0.913. The second-order valence-corrected chi connectivity index (χ2v) is 3.56. The lowest BCUT2D eigenvalue weighted by Crippen LogP contribution is -1.84. The van der Waals surface area contributed by atoms with Crippen molar-refractivity contribution < 1.29 is 0 Å². The fraction of sp³-hybridized carbons (Fsp3) is 0.111. The van der Waals surface area contributed by atoms with Gasteiger partial charge in [0.1, 0.15) is 11.5 Å². The number of thioether (sulfide) groups is 1. The van der Waals surface area contributed by atoms with Crippen molar-refractivity contribution in [2.45, 2.75) is 11.8 Å². The summed E-state index contributed by atoms with van der Waals surface area (Å²) in [5, 5.41) is 19.5.